The first-order valence-corrected chi connectivity index (χ1v) is 5.19. The van der Waals surface area contributed by atoms with Crippen molar-refractivity contribution in [1.29, 1.82) is 0 Å². The lowest BCUT2D eigenvalue weighted by molar-refractivity contribution is -0.113. The van der Waals surface area contributed by atoms with Gasteiger partial charge in [0.15, 0.2) is 5.78 Å². The van der Waals surface area contributed by atoms with E-state index in [4.69, 9.17) is 0 Å². The van der Waals surface area contributed by atoms with Crippen LogP contribution in [-0.4, -0.2) is 5.78 Å². The second-order valence-electron chi connectivity index (χ2n) is 4.18. The molecule has 1 aromatic carbocycles. The van der Waals surface area contributed by atoms with Gasteiger partial charge in [0.25, 0.3) is 0 Å². The molecule has 15 heavy (non-hydrogen) atoms. The number of allylic oxidation sites excluding steroid dienone is 1. The van der Waals surface area contributed by atoms with Crippen LogP contribution in [0, 0.1) is 20.8 Å². The second kappa shape index (κ2) is 4.43. The molecule has 0 aliphatic heterocycles. The molecular weight excluding hydrogens is 184 g/mol. The molecule has 0 unspecified atom stereocenters. The van der Waals surface area contributed by atoms with Gasteiger partial charge >= 0.3 is 0 Å². The number of carbonyl (C=O) groups is 1. The number of benzene rings is 1. The Kier molecular flexibility index (Phi) is 3.46. The maximum atomic E-state index is 11.1. The highest BCUT2D eigenvalue weighted by atomic mass is 16.1. The largest absolute Gasteiger partial charge is 0.295 e. The molecule has 0 amide bonds. The molecule has 0 saturated carbocycles. The van der Waals surface area contributed by atoms with Gasteiger partial charge in [0.2, 0.25) is 0 Å². The highest BCUT2D eigenvalue weighted by molar-refractivity contribution is 5.97. The van der Waals surface area contributed by atoms with E-state index in [1.165, 1.54) is 16.7 Å². The molecule has 0 aliphatic rings. The lowest BCUT2D eigenvalue weighted by atomic mass is 9.99. The Labute approximate surface area is 91.8 Å². The highest BCUT2D eigenvalue weighted by Gasteiger charge is 2.02. The van der Waals surface area contributed by atoms with Gasteiger partial charge < -0.3 is 0 Å². The van der Waals surface area contributed by atoms with Crippen LogP contribution in [0.1, 0.15) is 36.1 Å². The van der Waals surface area contributed by atoms with E-state index in [1.807, 2.05) is 13.0 Å². The average Bonchev–Trinajstić information content (AvgIpc) is 2.13. The Hall–Kier alpha value is -1.37. The van der Waals surface area contributed by atoms with Crippen LogP contribution in [-0.2, 0) is 4.79 Å². The fraction of sp³-hybridized carbons (Fsp3) is 0.357. The van der Waals surface area contributed by atoms with Crippen LogP contribution in [0.4, 0.5) is 0 Å². The van der Waals surface area contributed by atoms with Gasteiger partial charge in [-0.1, -0.05) is 12.1 Å². The van der Waals surface area contributed by atoms with Crippen molar-refractivity contribution in [3.63, 3.8) is 0 Å². The van der Waals surface area contributed by atoms with Crippen molar-refractivity contribution in [1.82, 2.24) is 0 Å². The first-order chi connectivity index (χ1) is 6.91. The Balaban J connectivity index is 3.22. The van der Waals surface area contributed by atoms with Gasteiger partial charge in [0, 0.05) is 0 Å². The van der Waals surface area contributed by atoms with E-state index in [2.05, 4.69) is 32.9 Å². The molecule has 0 heterocycles. The van der Waals surface area contributed by atoms with Gasteiger partial charge in [-0.05, 0) is 68.5 Å². The van der Waals surface area contributed by atoms with Crippen molar-refractivity contribution in [2.24, 2.45) is 0 Å². The molecule has 0 aromatic heterocycles. The Morgan fingerprint density at radius 2 is 1.53 bits per heavy atom. The minimum atomic E-state index is 0.132. The van der Waals surface area contributed by atoms with E-state index in [-0.39, 0.29) is 5.78 Å². The normalized spacial score (nSPS) is 11.7. The summed E-state index contributed by atoms with van der Waals surface area (Å²) in [6.07, 6.45) is 1.96. The maximum Gasteiger partial charge on any atom is 0.155 e. The van der Waals surface area contributed by atoms with Crippen molar-refractivity contribution < 1.29 is 4.79 Å². The van der Waals surface area contributed by atoms with Crippen molar-refractivity contribution >= 4 is 11.9 Å². The zero-order valence-electron chi connectivity index (χ0n) is 10.1. The summed E-state index contributed by atoms with van der Waals surface area (Å²) >= 11 is 0. The standard InChI is InChI=1S/C14H18O/c1-9-6-12(4)14(7-10(9)2)8-11(3)13(5)15/h6-8H,1-5H3/b11-8+. The minimum Gasteiger partial charge on any atom is -0.295 e. The van der Waals surface area contributed by atoms with E-state index in [9.17, 15) is 4.79 Å². The van der Waals surface area contributed by atoms with Crippen LogP contribution in [0.15, 0.2) is 17.7 Å². The summed E-state index contributed by atoms with van der Waals surface area (Å²) in [5.41, 5.74) is 5.74. The van der Waals surface area contributed by atoms with Crippen LogP contribution in [0.3, 0.4) is 0 Å². The van der Waals surface area contributed by atoms with Gasteiger partial charge in [-0.25, -0.2) is 0 Å². The minimum absolute atomic E-state index is 0.132. The fourth-order valence-corrected chi connectivity index (χ4v) is 1.47. The van der Waals surface area contributed by atoms with Crippen LogP contribution >= 0.6 is 0 Å². The first kappa shape index (κ1) is 11.7. The number of aryl methyl sites for hydroxylation is 3. The smallest absolute Gasteiger partial charge is 0.155 e. The average molecular weight is 202 g/mol. The molecule has 0 N–H and O–H groups in total. The Bertz CT molecular complexity index is 425. The number of ketones is 1. The van der Waals surface area contributed by atoms with E-state index >= 15 is 0 Å². The van der Waals surface area contributed by atoms with Gasteiger partial charge in [0.1, 0.15) is 0 Å². The third kappa shape index (κ3) is 2.79. The molecule has 0 atom stereocenters. The van der Waals surface area contributed by atoms with Gasteiger partial charge in [-0.3, -0.25) is 4.79 Å². The zero-order chi connectivity index (χ0) is 11.6. The molecule has 1 heteroatoms. The first-order valence-electron chi connectivity index (χ1n) is 5.19. The number of Topliss-reactive ketones (excluding diaryl/α,β-unsaturated/α-hetero) is 1. The molecule has 0 bridgehead atoms. The van der Waals surface area contributed by atoms with Crippen LogP contribution in [0.25, 0.3) is 6.08 Å². The predicted molar refractivity (Wildman–Crippen MR) is 65.0 cm³/mol. The predicted octanol–water partition coefficient (Wildman–Crippen LogP) is 3.60. The van der Waals surface area contributed by atoms with Crippen molar-refractivity contribution in [3.05, 3.63) is 40.0 Å². The second-order valence-corrected chi connectivity index (χ2v) is 4.18. The topological polar surface area (TPSA) is 17.1 Å². The summed E-state index contributed by atoms with van der Waals surface area (Å²) in [4.78, 5) is 11.1. The highest BCUT2D eigenvalue weighted by Crippen LogP contribution is 2.18. The zero-order valence-corrected chi connectivity index (χ0v) is 10.1. The number of carbonyl (C=O) groups excluding carboxylic acids is 1. The molecule has 1 rings (SSSR count). The number of hydrogen-bond donors (Lipinski definition) is 0. The summed E-state index contributed by atoms with van der Waals surface area (Å²) in [7, 11) is 0. The summed E-state index contributed by atoms with van der Waals surface area (Å²) in [5, 5.41) is 0. The van der Waals surface area contributed by atoms with Crippen molar-refractivity contribution in [3.8, 4) is 0 Å². The molecule has 1 nitrogen and oxygen atoms in total. The lowest BCUT2D eigenvalue weighted by Crippen LogP contribution is -1.93. The Morgan fingerprint density at radius 1 is 1.00 bits per heavy atom. The third-order valence-electron chi connectivity index (χ3n) is 2.81. The van der Waals surface area contributed by atoms with E-state index in [0.29, 0.717) is 0 Å². The van der Waals surface area contributed by atoms with Crippen LogP contribution in [0.2, 0.25) is 0 Å². The van der Waals surface area contributed by atoms with E-state index in [1.54, 1.807) is 6.92 Å². The van der Waals surface area contributed by atoms with Gasteiger partial charge in [0.05, 0.1) is 0 Å². The molecule has 0 spiro atoms. The summed E-state index contributed by atoms with van der Waals surface area (Å²) in [6.45, 7) is 9.73. The number of hydrogen-bond acceptors (Lipinski definition) is 1. The molecule has 0 saturated heterocycles. The summed E-state index contributed by atoms with van der Waals surface area (Å²) < 4.78 is 0. The fourth-order valence-electron chi connectivity index (χ4n) is 1.47. The van der Waals surface area contributed by atoms with Gasteiger partial charge in [-0.15, -0.1) is 0 Å². The molecule has 80 valence electrons. The summed E-state index contributed by atoms with van der Waals surface area (Å²) in [5.74, 6) is 0.132. The molecular formula is C14H18O. The lowest BCUT2D eigenvalue weighted by Gasteiger charge is -2.07. The summed E-state index contributed by atoms with van der Waals surface area (Å²) in [6, 6.07) is 4.30. The SMILES string of the molecule is CC(=O)/C(C)=C/c1cc(C)c(C)cc1C. The molecule has 0 aliphatic carbocycles. The van der Waals surface area contributed by atoms with E-state index in [0.717, 1.165) is 11.1 Å². The van der Waals surface area contributed by atoms with Crippen molar-refractivity contribution in [2.45, 2.75) is 34.6 Å². The van der Waals surface area contributed by atoms with Gasteiger partial charge in [-0.2, -0.15) is 0 Å². The third-order valence-corrected chi connectivity index (χ3v) is 2.81. The molecule has 1 aromatic rings. The van der Waals surface area contributed by atoms with E-state index < -0.39 is 0 Å². The Morgan fingerprint density at radius 3 is 2.07 bits per heavy atom. The van der Waals surface area contributed by atoms with Crippen LogP contribution in [0.5, 0.6) is 0 Å². The van der Waals surface area contributed by atoms with Crippen molar-refractivity contribution in [2.75, 3.05) is 0 Å². The molecule has 0 fully saturated rings. The molecule has 0 radical (unpaired) electrons. The van der Waals surface area contributed by atoms with Crippen LogP contribution < -0.4 is 0 Å². The monoisotopic (exact) mass is 202 g/mol. The quantitative estimate of drug-likeness (QED) is 0.670. The number of rotatable bonds is 2. The maximum absolute atomic E-state index is 11.1.